The predicted molar refractivity (Wildman–Crippen MR) is 88.9 cm³/mol. The summed E-state index contributed by atoms with van der Waals surface area (Å²) in [4.78, 5) is 2.25. The molecule has 24 heavy (non-hydrogen) atoms. The van der Waals surface area contributed by atoms with Crippen LogP contribution in [0.3, 0.4) is 0 Å². The predicted octanol–water partition coefficient (Wildman–Crippen LogP) is 3.38. The highest BCUT2D eigenvalue weighted by Gasteiger charge is 2.32. The number of ether oxygens (including phenoxy) is 1. The molecule has 0 amide bonds. The summed E-state index contributed by atoms with van der Waals surface area (Å²) in [5.74, 6) is -0.399. The molecule has 1 atom stereocenters. The zero-order valence-corrected chi connectivity index (χ0v) is 14.6. The molecular formula is C15H21Cl2F3N2O2. The van der Waals surface area contributed by atoms with Crippen LogP contribution in [0, 0.1) is 0 Å². The fraction of sp³-hybridized carbons (Fsp3) is 0.600. The molecule has 138 valence electrons. The van der Waals surface area contributed by atoms with Crippen molar-refractivity contribution in [3.63, 3.8) is 0 Å². The number of hydrogen-bond donors (Lipinski definition) is 2. The van der Waals surface area contributed by atoms with Crippen LogP contribution in [0.4, 0.5) is 13.2 Å². The maximum absolute atomic E-state index is 12.3. The Morgan fingerprint density at radius 1 is 1.29 bits per heavy atom. The molecule has 0 unspecified atom stereocenters. The molecule has 0 radical (unpaired) electrons. The van der Waals surface area contributed by atoms with Crippen LogP contribution in [0.1, 0.15) is 24.4 Å². The SMILES string of the molecule is Cl.OCCC[C@H](c1ccc(OC(F)(F)F)c(Cl)c1)N1CCNCC1. The number of rotatable bonds is 6. The van der Waals surface area contributed by atoms with E-state index in [-0.39, 0.29) is 30.1 Å². The summed E-state index contributed by atoms with van der Waals surface area (Å²) in [6, 6.07) is 4.39. The summed E-state index contributed by atoms with van der Waals surface area (Å²) >= 11 is 5.95. The van der Waals surface area contributed by atoms with E-state index in [1.807, 2.05) is 0 Å². The normalized spacial score (nSPS) is 17.2. The molecule has 1 fully saturated rings. The minimum atomic E-state index is -4.76. The fourth-order valence-corrected chi connectivity index (χ4v) is 3.00. The Morgan fingerprint density at radius 2 is 1.96 bits per heavy atom. The highest BCUT2D eigenvalue weighted by atomic mass is 35.5. The first-order chi connectivity index (χ1) is 10.9. The smallest absolute Gasteiger partial charge is 0.404 e. The molecule has 0 spiro atoms. The van der Waals surface area contributed by atoms with Crippen LogP contribution in [0.25, 0.3) is 0 Å². The standard InChI is InChI=1S/C15H20ClF3N2O2.ClH/c16-12-10-11(3-4-14(12)23-15(17,18)19)13(2-1-9-22)21-7-5-20-6-8-21;/h3-4,10,13,20,22H,1-2,5-9H2;1H/t13-;/m1./s1. The molecule has 9 heteroatoms. The molecule has 1 saturated heterocycles. The van der Waals surface area contributed by atoms with Crippen LogP contribution < -0.4 is 10.1 Å². The lowest BCUT2D eigenvalue weighted by Crippen LogP contribution is -2.45. The van der Waals surface area contributed by atoms with Crippen LogP contribution >= 0.6 is 24.0 Å². The van der Waals surface area contributed by atoms with Crippen molar-refractivity contribution in [1.29, 1.82) is 0 Å². The molecule has 1 aromatic carbocycles. The van der Waals surface area contributed by atoms with Crippen molar-refractivity contribution in [3.05, 3.63) is 28.8 Å². The number of hydrogen-bond acceptors (Lipinski definition) is 4. The van der Waals surface area contributed by atoms with Crippen LogP contribution in [0.5, 0.6) is 5.75 Å². The molecular weight excluding hydrogens is 368 g/mol. The lowest BCUT2D eigenvalue weighted by Gasteiger charge is -2.35. The Kier molecular flexibility index (Phi) is 8.59. The summed E-state index contributed by atoms with van der Waals surface area (Å²) < 4.78 is 40.8. The van der Waals surface area contributed by atoms with Gasteiger partial charge in [-0.1, -0.05) is 17.7 Å². The van der Waals surface area contributed by atoms with Crippen LogP contribution in [0.15, 0.2) is 18.2 Å². The van der Waals surface area contributed by atoms with Gasteiger partial charge in [0.2, 0.25) is 0 Å². The molecule has 0 saturated carbocycles. The van der Waals surface area contributed by atoms with E-state index in [4.69, 9.17) is 16.7 Å². The molecule has 2 rings (SSSR count). The van der Waals surface area contributed by atoms with E-state index in [2.05, 4.69) is 15.0 Å². The van der Waals surface area contributed by atoms with Gasteiger partial charge in [-0.2, -0.15) is 0 Å². The lowest BCUT2D eigenvalue weighted by molar-refractivity contribution is -0.274. The molecule has 1 aliphatic heterocycles. The summed E-state index contributed by atoms with van der Waals surface area (Å²) in [7, 11) is 0. The first-order valence-corrected chi connectivity index (χ1v) is 7.89. The monoisotopic (exact) mass is 388 g/mol. The third-order valence-corrected chi connectivity index (χ3v) is 4.09. The highest BCUT2D eigenvalue weighted by molar-refractivity contribution is 6.32. The van der Waals surface area contributed by atoms with E-state index in [1.165, 1.54) is 12.1 Å². The lowest BCUT2D eigenvalue weighted by atomic mass is 9.99. The van der Waals surface area contributed by atoms with Gasteiger partial charge in [0.05, 0.1) is 5.02 Å². The summed E-state index contributed by atoms with van der Waals surface area (Å²) in [6.45, 7) is 3.48. The van der Waals surface area contributed by atoms with E-state index in [0.29, 0.717) is 12.8 Å². The van der Waals surface area contributed by atoms with Crippen LogP contribution in [0.2, 0.25) is 5.02 Å². The largest absolute Gasteiger partial charge is 0.573 e. The molecule has 1 aliphatic rings. The molecule has 0 bridgehead atoms. The number of aliphatic hydroxyl groups excluding tert-OH is 1. The molecule has 1 aromatic rings. The van der Waals surface area contributed by atoms with E-state index < -0.39 is 12.1 Å². The Bertz CT molecular complexity index is 512. The first kappa shape index (κ1) is 21.3. The van der Waals surface area contributed by atoms with Gasteiger partial charge in [0, 0.05) is 38.8 Å². The van der Waals surface area contributed by atoms with Gasteiger partial charge in [-0.05, 0) is 30.5 Å². The second-order valence-electron chi connectivity index (χ2n) is 5.41. The van der Waals surface area contributed by atoms with E-state index >= 15 is 0 Å². The van der Waals surface area contributed by atoms with E-state index in [1.54, 1.807) is 6.07 Å². The zero-order valence-electron chi connectivity index (χ0n) is 13.0. The van der Waals surface area contributed by atoms with Gasteiger partial charge in [0.15, 0.2) is 0 Å². The average molecular weight is 389 g/mol. The maximum atomic E-state index is 12.3. The number of aliphatic hydroxyl groups is 1. The Balaban J connectivity index is 0.00000288. The fourth-order valence-electron chi connectivity index (χ4n) is 2.77. The Labute approximate surface area is 150 Å². The summed E-state index contributed by atoms with van der Waals surface area (Å²) in [5, 5.41) is 12.3. The average Bonchev–Trinajstić information content (AvgIpc) is 2.50. The van der Waals surface area contributed by atoms with Gasteiger partial charge >= 0.3 is 6.36 Å². The van der Waals surface area contributed by atoms with Crippen molar-refractivity contribution in [1.82, 2.24) is 10.2 Å². The van der Waals surface area contributed by atoms with Crippen molar-refractivity contribution >= 4 is 24.0 Å². The Hall–Kier alpha value is -0.730. The van der Waals surface area contributed by atoms with Gasteiger partial charge in [0.1, 0.15) is 5.75 Å². The number of halogens is 5. The summed E-state index contributed by atoms with van der Waals surface area (Å²) in [6.07, 6.45) is -3.43. The van der Waals surface area contributed by atoms with Gasteiger partial charge in [-0.15, -0.1) is 25.6 Å². The molecule has 2 N–H and O–H groups in total. The van der Waals surface area contributed by atoms with Gasteiger partial charge in [0.25, 0.3) is 0 Å². The quantitative estimate of drug-likeness (QED) is 0.783. The van der Waals surface area contributed by atoms with E-state index in [9.17, 15) is 13.2 Å². The topological polar surface area (TPSA) is 44.7 Å². The second-order valence-corrected chi connectivity index (χ2v) is 5.81. The molecule has 4 nitrogen and oxygen atoms in total. The number of benzene rings is 1. The van der Waals surface area contributed by atoms with E-state index in [0.717, 1.165) is 31.7 Å². The molecule has 1 heterocycles. The van der Waals surface area contributed by atoms with Crippen molar-refractivity contribution < 1.29 is 23.0 Å². The maximum Gasteiger partial charge on any atom is 0.573 e. The van der Waals surface area contributed by atoms with Gasteiger partial charge in [-0.3, -0.25) is 4.90 Å². The van der Waals surface area contributed by atoms with Crippen LogP contribution in [-0.2, 0) is 0 Å². The van der Waals surface area contributed by atoms with Crippen molar-refractivity contribution in [2.24, 2.45) is 0 Å². The van der Waals surface area contributed by atoms with Crippen molar-refractivity contribution in [2.45, 2.75) is 25.2 Å². The Morgan fingerprint density at radius 3 is 2.50 bits per heavy atom. The second kappa shape index (κ2) is 9.68. The van der Waals surface area contributed by atoms with Crippen molar-refractivity contribution in [3.8, 4) is 5.75 Å². The number of piperazine rings is 1. The first-order valence-electron chi connectivity index (χ1n) is 7.51. The highest BCUT2D eigenvalue weighted by Crippen LogP contribution is 2.35. The summed E-state index contributed by atoms with van der Waals surface area (Å²) in [5.41, 5.74) is 0.833. The third-order valence-electron chi connectivity index (χ3n) is 3.79. The third kappa shape index (κ3) is 6.29. The van der Waals surface area contributed by atoms with Gasteiger partial charge in [-0.25, -0.2) is 0 Å². The van der Waals surface area contributed by atoms with Gasteiger partial charge < -0.3 is 15.2 Å². The minimum absolute atomic E-state index is 0. The number of nitrogens with zero attached hydrogens (tertiary/aromatic N) is 1. The molecule has 0 aromatic heterocycles. The van der Waals surface area contributed by atoms with Crippen molar-refractivity contribution in [2.75, 3.05) is 32.8 Å². The zero-order chi connectivity index (χ0) is 16.9. The minimum Gasteiger partial charge on any atom is -0.404 e. The molecule has 0 aliphatic carbocycles. The number of alkyl halides is 3. The number of nitrogens with one attached hydrogen (secondary N) is 1. The van der Waals surface area contributed by atoms with Crippen LogP contribution in [-0.4, -0.2) is 49.2 Å².